The number of rotatable bonds is 6. The average molecular weight is 289 g/mol. The van der Waals surface area contributed by atoms with Crippen LogP contribution in [0.4, 0.5) is 0 Å². The number of hydrogen-bond acceptors (Lipinski definition) is 3. The van der Waals surface area contributed by atoms with E-state index in [-0.39, 0.29) is 12.1 Å². The van der Waals surface area contributed by atoms with Gasteiger partial charge in [0, 0.05) is 15.8 Å². The van der Waals surface area contributed by atoms with Crippen molar-refractivity contribution in [2.75, 3.05) is 0 Å². The van der Waals surface area contributed by atoms with Crippen LogP contribution in [0.3, 0.4) is 0 Å². The lowest BCUT2D eigenvalue weighted by Gasteiger charge is -2.21. The Bertz CT molecular complexity index is 530. The van der Waals surface area contributed by atoms with Gasteiger partial charge in [-0.15, -0.1) is 11.3 Å². The van der Waals surface area contributed by atoms with Gasteiger partial charge >= 0.3 is 0 Å². The van der Waals surface area contributed by atoms with Crippen molar-refractivity contribution in [1.29, 1.82) is 0 Å². The van der Waals surface area contributed by atoms with E-state index in [0.29, 0.717) is 0 Å². The summed E-state index contributed by atoms with van der Waals surface area (Å²) in [5.74, 6) is 0.887. The lowest BCUT2D eigenvalue weighted by atomic mass is 10.1. The van der Waals surface area contributed by atoms with Gasteiger partial charge in [-0.2, -0.15) is 0 Å². The van der Waals surface area contributed by atoms with Crippen LogP contribution in [0.5, 0.6) is 5.75 Å². The maximum atomic E-state index is 6.09. The molecule has 0 saturated carbocycles. The second kappa shape index (κ2) is 6.91. The maximum absolute atomic E-state index is 6.09. The Hall–Kier alpha value is -1.32. The maximum Gasteiger partial charge on any atom is 0.148 e. The summed E-state index contributed by atoms with van der Waals surface area (Å²) in [4.78, 5) is 2.47. The fraction of sp³-hybridized carbons (Fsp3) is 0.412. The first-order chi connectivity index (χ1) is 9.60. The molecule has 20 heavy (non-hydrogen) atoms. The quantitative estimate of drug-likeness (QED) is 0.851. The van der Waals surface area contributed by atoms with E-state index in [2.05, 4.69) is 38.1 Å². The number of nitrogens with two attached hydrogens (primary N) is 1. The molecule has 1 aromatic carbocycles. The first-order valence-electron chi connectivity index (χ1n) is 7.17. The first kappa shape index (κ1) is 15.1. The Morgan fingerprint density at radius 2 is 1.85 bits per heavy atom. The Labute approximate surface area is 125 Å². The van der Waals surface area contributed by atoms with Gasteiger partial charge in [-0.1, -0.05) is 25.5 Å². The van der Waals surface area contributed by atoms with Gasteiger partial charge in [-0.25, -0.2) is 0 Å². The molecule has 0 amide bonds. The SMILES string of the molecule is CCCc1ccc(OC(c2ccc(C)s2)C(C)N)cc1. The highest BCUT2D eigenvalue weighted by Crippen LogP contribution is 2.29. The highest BCUT2D eigenvalue weighted by atomic mass is 32.1. The van der Waals surface area contributed by atoms with Crippen molar-refractivity contribution < 1.29 is 4.74 Å². The molecule has 0 radical (unpaired) electrons. The molecule has 0 aliphatic carbocycles. The summed E-state index contributed by atoms with van der Waals surface area (Å²) in [6.07, 6.45) is 2.20. The van der Waals surface area contributed by atoms with Gasteiger partial charge in [0.25, 0.3) is 0 Å². The normalized spacial score (nSPS) is 14.0. The highest BCUT2D eigenvalue weighted by molar-refractivity contribution is 7.12. The molecule has 0 bridgehead atoms. The fourth-order valence-corrected chi connectivity index (χ4v) is 3.22. The average Bonchev–Trinajstić information content (AvgIpc) is 2.84. The van der Waals surface area contributed by atoms with E-state index in [0.717, 1.165) is 18.6 Å². The number of benzene rings is 1. The van der Waals surface area contributed by atoms with Crippen LogP contribution in [0.2, 0.25) is 0 Å². The van der Waals surface area contributed by atoms with Gasteiger partial charge in [-0.05, 0) is 50.1 Å². The molecular weight excluding hydrogens is 266 g/mol. The van der Waals surface area contributed by atoms with Crippen LogP contribution in [0.15, 0.2) is 36.4 Å². The molecule has 0 aliphatic rings. The summed E-state index contributed by atoms with van der Waals surface area (Å²) >= 11 is 1.75. The van der Waals surface area contributed by atoms with Gasteiger partial charge in [0.05, 0.1) is 0 Å². The first-order valence-corrected chi connectivity index (χ1v) is 7.99. The van der Waals surface area contributed by atoms with Crippen molar-refractivity contribution in [3.63, 3.8) is 0 Å². The van der Waals surface area contributed by atoms with Crippen LogP contribution >= 0.6 is 11.3 Å². The summed E-state index contributed by atoms with van der Waals surface area (Å²) in [6.45, 7) is 6.28. The summed E-state index contributed by atoms with van der Waals surface area (Å²) in [7, 11) is 0. The number of thiophene rings is 1. The topological polar surface area (TPSA) is 35.2 Å². The summed E-state index contributed by atoms with van der Waals surface area (Å²) in [6, 6.07) is 12.5. The second-order valence-corrected chi connectivity index (χ2v) is 6.56. The zero-order valence-corrected chi connectivity index (χ0v) is 13.2. The zero-order chi connectivity index (χ0) is 14.5. The molecule has 2 unspecified atom stereocenters. The molecule has 2 atom stereocenters. The summed E-state index contributed by atoms with van der Waals surface area (Å²) in [5, 5.41) is 0. The largest absolute Gasteiger partial charge is 0.483 e. The predicted octanol–water partition coefficient (Wildman–Crippen LogP) is 4.48. The van der Waals surface area contributed by atoms with Crippen LogP contribution < -0.4 is 10.5 Å². The van der Waals surface area contributed by atoms with E-state index in [1.165, 1.54) is 15.3 Å². The minimum Gasteiger partial charge on any atom is -0.483 e. The molecule has 2 aromatic rings. The minimum atomic E-state index is -0.0780. The molecule has 1 heterocycles. The Balaban J connectivity index is 2.12. The molecule has 108 valence electrons. The van der Waals surface area contributed by atoms with E-state index in [1.54, 1.807) is 11.3 Å². The van der Waals surface area contributed by atoms with E-state index >= 15 is 0 Å². The molecule has 1 aromatic heterocycles. The number of aryl methyl sites for hydroxylation is 2. The molecule has 2 nitrogen and oxygen atoms in total. The van der Waals surface area contributed by atoms with E-state index in [9.17, 15) is 0 Å². The summed E-state index contributed by atoms with van der Waals surface area (Å²) in [5.41, 5.74) is 7.44. The molecule has 0 saturated heterocycles. The molecule has 2 rings (SSSR count). The molecule has 0 spiro atoms. The number of hydrogen-bond donors (Lipinski definition) is 1. The van der Waals surface area contributed by atoms with Gasteiger partial charge in [0.2, 0.25) is 0 Å². The van der Waals surface area contributed by atoms with Crippen LogP contribution in [-0.2, 0) is 6.42 Å². The van der Waals surface area contributed by atoms with Crippen molar-refractivity contribution >= 4 is 11.3 Å². The lowest BCUT2D eigenvalue weighted by Crippen LogP contribution is -2.28. The molecule has 0 aliphatic heterocycles. The Morgan fingerprint density at radius 3 is 2.35 bits per heavy atom. The van der Waals surface area contributed by atoms with Gasteiger partial charge in [0.1, 0.15) is 11.9 Å². The lowest BCUT2D eigenvalue weighted by molar-refractivity contribution is 0.184. The minimum absolute atomic E-state index is 0.0385. The highest BCUT2D eigenvalue weighted by Gasteiger charge is 2.19. The smallest absolute Gasteiger partial charge is 0.148 e. The molecule has 0 fully saturated rings. The third-order valence-corrected chi connectivity index (χ3v) is 4.31. The summed E-state index contributed by atoms with van der Waals surface area (Å²) < 4.78 is 6.09. The standard InChI is InChI=1S/C17H23NOS/c1-4-5-14-7-9-15(10-8-14)19-17(13(3)18)16-11-6-12(2)20-16/h6-11,13,17H,4-5,18H2,1-3H3. The fourth-order valence-electron chi connectivity index (χ4n) is 2.20. The zero-order valence-electron chi connectivity index (χ0n) is 12.4. The van der Waals surface area contributed by atoms with E-state index in [4.69, 9.17) is 10.5 Å². The van der Waals surface area contributed by atoms with Crippen LogP contribution in [0.25, 0.3) is 0 Å². The van der Waals surface area contributed by atoms with Gasteiger partial charge < -0.3 is 10.5 Å². The predicted molar refractivity (Wildman–Crippen MR) is 86.5 cm³/mol. The molecular formula is C17H23NOS. The number of ether oxygens (including phenoxy) is 1. The van der Waals surface area contributed by atoms with Crippen LogP contribution in [0.1, 0.15) is 41.7 Å². The third kappa shape index (κ3) is 3.84. The van der Waals surface area contributed by atoms with Crippen molar-refractivity contribution in [1.82, 2.24) is 0 Å². The van der Waals surface area contributed by atoms with Gasteiger partial charge in [-0.3, -0.25) is 0 Å². The third-order valence-electron chi connectivity index (χ3n) is 3.24. The van der Waals surface area contributed by atoms with Crippen LogP contribution in [0, 0.1) is 6.92 Å². The van der Waals surface area contributed by atoms with Crippen molar-refractivity contribution in [2.45, 2.75) is 45.8 Å². The monoisotopic (exact) mass is 289 g/mol. The second-order valence-electron chi connectivity index (χ2n) is 5.24. The van der Waals surface area contributed by atoms with Crippen LogP contribution in [-0.4, -0.2) is 6.04 Å². The van der Waals surface area contributed by atoms with Crippen molar-refractivity contribution in [2.24, 2.45) is 5.73 Å². The Morgan fingerprint density at radius 1 is 1.15 bits per heavy atom. The van der Waals surface area contributed by atoms with Crippen molar-refractivity contribution in [3.8, 4) is 5.75 Å². The van der Waals surface area contributed by atoms with E-state index in [1.807, 2.05) is 19.1 Å². The van der Waals surface area contributed by atoms with Gasteiger partial charge in [0.15, 0.2) is 0 Å². The van der Waals surface area contributed by atoms with E-state index < -0.39 is 0 Å². The molecule has 2 N–H and O–H groups in total. The molecule has 3 heteroatoms. The van der Waals surface area contributed by atoms with Crippen molar-refractivity contribution in [3.05, 3.63) is 51.7 Å². The Kier molecular flexibility index (Phi) is 5.21.